The Bertz CT molecular complexity index is 785. The molecule has 124 valence electrons. The Morgan fingerprint density at radius 2 is 1.00 bits per heavy atom. The largest absolute Gasteiger partial charge is 0.508 e. The van der Waals surface area contributed by atoms with E-state index in [1.54, 1.807) is 55.5 Å². The smallest absolute Gasteiger partial charge is 0.204 e. The number of benzene rings is 3. The number of phenolic OH excluding ortho intramolecular Hbond substituents is 5. The number of hydrogen-bond acceptors (Lipinski definition) is 5. The Hall–Kier alpha value is -3.34. The second-order valence-electron chi connectivity index (χ2n) is 5.10. The van der Waals surface area contributed by atoms with Crippen molar-refractivity contribution in [1.29, 1.82) is 0 Å². The fourth-order valence-corrected chi connectivity index (χ4v) is 2.20. The second-order valence-corrected chi connectivity index (χ2v) is 5.10. The van der Waals surface area contributed by atoms with E-state index in [4.69, 9.17) is 5.11 Å². The summed E-state index contributed by atoms with van der Waals surface area (Å²) in [6, 6.07) is 17.5. The average molecular weight is 326 g/mol. The van der Waals surface area contributed by atoms with Gasteiger partial charge in [0, 0.05) is 11.1 Å². The predicted octanol–water partition coefficient (Wildman–Crippen LogP) is 3.88. The number of para-hydroxylation sites is 1. The van der Waals surface area contributed by atoms with Crippen LogP contribution in [-0.2, 0) is 0 Å². The van der Waals surface area contributed by atoms with Gasteiger partial charge in [-0.2, -0.15) is 0 Å². The molecule has 0 bridgehead atoms. The van der Waals surface area contributed by atoms with E-state index in [9.17, 15) is 20.4 Å². The maximum absolute atomic E-state index is 9.82. The molecular weight excluding hydrogens is 308 g/mol. The Morgan fingerprint density at radius 3 is 1.46 bits per heavy atom. The van der Waals surface area contributed by atoms with Crippen LogP contribution in [-0.4, -0.2) is 25.5 Å². The Labute approximate surface area is 139 Å². The van der Waals surface area contributed by atoms with Gasteiger partial charge in [-0.05, 0) is 24.6 Å². The van der Waals surface area contributed by atoms with Crippen molar-refractivity contribution in [3.63, 3.8) is 0 Å². The molecule has 3 rings (SSSR count). The minimum Gasteiger partial charge on any atom is -0.508 e. The molecule has 0 radical (unpaired) electrons. The van der Waals surface area contributed by atoms with Gasteiger partial charge in [-0.3, -0.25) is 0 Å². The third kappa shape index (κ3) is 3.52. The molecule has 0 aliphatic heterocycles. The van der Waals surface area contributed by atoms with Crippen molar-refractivity contribution in [2.45, 2.75) is 6.92 Å². The highest BCUT2D eigenvalue weighted by atomic mass is 16.3. The molecule has 0 fully saturated rings. The van der Waals surface area contributed by atoms with E-state index in [-0.39, 0.29) is 0 Å². The summed E-state index contributed by atoms with van der Waals surface area (Å²) in [5.41, 5.74) is 1.26. The Kier molecular flexibility index (Phi) is 5.16. The summed E-state index contributed by atoms with van der Waals surface area (Å²) in [5, 5.41) is 47.0. The van der Waals surface area contributed by atoms with Gasteiger partial charge >= 0.3 is 0 Å². The van der Waals surface area contributed by atoms with Gasteiger partial charge in [0.25, 0.3) is 0 Å². The molecule has 0 aliphatic rings. The van der Waals surface area contributed by atoms with Crippen LogP contribution in [0.4, 0.5) is 0 Å². The lowest BCUT2D eigenvalue weighted by Gasteiger charge is -2.13. The molecule has 0 unspecified atom stereocenters. The van der Waals surface area contributed by atoms with Gasteiger partial charge in [0.1, 0.15) is 5.75 Å². The van der Waals surface area contributed by atoms with Gasteiger partial charge in [-0.15, -0.1) is 0 Å². The topological polar surface area (TPSA) is 101 Å². The van der Waals surface area contributed by atoms with Crippen LogP contribution in [0.3, 0.4) is 0 Å². The third-order valence-corrected chi connectivity index (χ3v) is 3.46. The van der Waals surface area contributed by atoms with Gasteiger partial charge in [-0.1, -0.05) is 48.5 Å². The highest BCUT2D eigenvalue weighted by Crippen LogP contribution is 2.50. The summed E-state index contributed by atoms with van der Waals surface area (Å²) in [6.45, 7) is 1.55. The quantitative estimate of drug-likeness (QED) is 0.345. The first kappa shape index (κ1) is 17.0. The van der Waals surface area contributed by atoms with Crippen molar-refractivity contribution in [1.82, 2.24) is 0 Å². The van der Waals surface area contributed by atoms with Crippen LogP contribution in [0.25, 0.3) is 11.1 Å². The van der Waals surface area contributed by atoms with Crippen LogP contribution in [0.5, 0.6) is 28.7 Å². The molecule has 0 saturated carbocycles. The first-order valence-corrected chi connectivity index (χ1v) is 7.19. The van der Waals surface area contributed by atoms with E-state index in [1.807, 2.05) is 12.1 Å². The Morgan fingerprint density at radius 1 is 0.542 bits per heavy atom. The van der Waals surface area contributed by atoms with E-state index in [0.717, 1.165) is 0 Å². The van der Waals surface area contributed by atoms with Crippen molar-refractivity contribution >= 4 is 0 Å². The molecule has 5 N–H and O–H groups in total. The lowest BCUT2D eigenvalue weighted by molar-refractivity contribution is 0.345. The molecule has 0 heterocycles. The van der Waals surface area contributed by atoms with Crippen LogP contribution in [0.15, 0.2) is 60.7 Å². The van der Waals surface area contributed by atoms with Crippen LogP contribution in [0.2, 0.25) is 0 Å². The maximum atomic E-state index is 9.82. The van der Waals surface area contributed by atoms with Crippen LogP contribution >= 0.6 is 0 Å². The molecular formula is C19H18O5. The first-order chi connectivity index (χ1) is 11.4. The van der Waals surface area contributed by atoms with Crippen molar-refractivity contribution < 1.29 is 25.5 Å². The monoisotopic (exact) mass is 326 g/mol. The zero-order chi connectivity index (χ0) is 17.7. The standard InChI is InChI=1S/C13H12O4.C6H6O/c1-7-9(8-5-3-2-4-6-8)11(15)13(17)12(16)10(7)14;7-6-4-2-1-3-5-6/h2-6,14-17H,1H3;1-5,7H. The SMILES string of the molecule is Cc1c(O)c(O)c(O)c(O)c1-c1ccccc1.Oc1ccccc1. The number of phenols is 5. The molecule has 3 aromatic rings. The molecule has 0 aliphatic carbocycles. The van der Waals surface area contributed by atoms with Crippen molar-refractivity contribution in [3.05, 3.63) is 66.2 Å². The molecule has 0 amide bonds. The van der Waals surface area contributed by atoms with E-state index in [1.165, 1.54) is 0 Å². The van der Waals surface area contributed by atoms with Gasteiger partial charge < -0.3 is 25.5 Å². The first-order valence-electron chi connectivity index (χ1n) is 7.19. The average Bonchev–Trinajstić information content (AvgIpc) is 2.61. The van der Waals surface area contributed by atoms with Crippen molar-refractivity contribution in [2.75, 3.05) is 0 Å². The summed E-state index contributed by atoms with van der Waals surface area (Å²) in [5.74, 6) is -1.97. The maximum Gasteiger partial charge on any atom is 0.204 e. The lowest BCUT2D eigenvalue weighted by atomic mass is 9.97. The predicted molar refractivity (Wildman–Crippen MR) is 91.4 cm³/mol. The minimum absolute atomic E-state index is 0.304. The van der Waals surface area contributed by atoms with Gasteiger partial charge in [0.2, 0.25) is 11.5 Å². The fraction of sp³-hybridized carbons (Fsp3) is 0.0526. The minimum atomic E-state index is -0.716. The summed E-state index contributed by atoms with van der Waals surface area (Å²) in [4.78, 5) is 0. The third-order valence-electron chi connectivity index (χ3n) is 3.46. The van der Waals surface area contributed by atoms with Gasteiger partial charge in [0.05, 0.1) is 0 Å². The fourth-order valence-electron chi connectivity index (χ4n) is 2.20. The highest BCUT2D eigenvalue weighted by Gasteiger charge is 2.21. The zero-order valence-corrected chi connectivity index (χ0v) is 13.0. The molecule has 24 heavy (non-hydrogen) atoms. The molecule has 3 aromatic carbocycles. The van der Waals surface area contributed by atoms with Crippen molar-refractivity contribution in [2.24, 2.45) is 0 Å². The number of rotatable bonds is 1. The summed E-state index contributed by atoms with van der Waals surface area (Å²) < 4.78 is 0. The number of hydrogen-bond donors (Lipinski definition) is 5. The highest BCUT2D eigenvalue weighted by molar-refractivity contribution is 5.81. The van der Waals surface area contributed by atoms with Crippen LogP contribution < -0.4 is 0 Å². The molecule has 0 atom stereocenters. The molecule has 0 aromatic heterocycles. The van der Waals surface area contributed by atoms with Crippen LogP contribution in [0.1, 0.15) is 5.56 Å². The van der Waals surface area contributed by atoms with E-state index in [0.29, 0.717) is 22.4 Å². The normalized spacial score (nSPS) is 9.88. The summed E-state index contributed by atoms with van der Waals surface area (Å²) >= 11 is 0. The van der Waals surface area contributed by atoms with Crippen molar-refractivity contribution in [3.8, 4) is 39.9 Å². The molecule has 5 nitrogen and oxygen atoms in total. The summed E-state index contributed by atoms with van der Waals surface area (Å²) in [7, 11) is 0. The molecule has 5 heteroatoms. The lowest BCUT2D eigenvalue weighted by Crippen LogP contribution is -1.87. The van der Waals surface area contributed by atoms with E-state index < -0.39 is 23.0 Å². The van der Waals surface area contributed by atoms with Crippen LogP contribution in [0, 0.1) is 6.92 Å². The van der Waals surface area contributed by atoms with E-state index >= 15 is 0 Å². The van der Waals surface area contributed by atoms with Gasteiger partial charge in [0.15, 0.2) is 11.5 Å². The van der Waals surface area contributed by atoms with Gasteiger partial charge in [-0.25, -0.2) is 0 Å². The molecule has 0 saturated heterocycles. The molecule has 0 spiro atoms. The summed E-state index contributed by atoms with van der Waals surface area (Å²) in [6.07, 6.45) is 0. The second kappa shape index (κ2) is 7.28. The number of aromatic hydroxyl groups is 5. The Balaban J connectivity index is 0.000000249. The zero-order valence-electron chi connectivity index (χ0n) is 13.0. The van der Waals surface area contributed by atoms with E-state index in [2.05, 4.69) is 0 Å².